The standard InChI is InChI=1S/C26H19BrN4O6/c1-2-35-23-11-19(21(27)12-24(23)36-15-17-6-4-3-5-16(17)13-28)14-29-30-26(32)25-10-18-9-20(31(33)34)7-8-22(18)37-25/h3-12,14H,2,15H2,1H3,(H,30,32)/b29-14-. The van der Waals surface area contributed by atoms with E-state index in [2.05, 4.69) is 32.5 Å². The summed E-state index contributed by atoms with van der Waals surface area (Å²) in [4.78, 5) is 22.9. The lowest BCUT2D eigenvalue weighted by Gasteiger charge is -2.14. The third-order valence-electron chi connectivity index (χ3n) is 5.19. The van der Waals surface area contributed by atoms with Crippen molar-refractivity contribution in [3.8, 4) is 17.6 Å². The van der Waals surface area contributed by atoms with Gasteiger partial charge in [0.15, 0.2) is 17.3 Å². The average molecular weight is 563 g/mol. The zero-order valence-corrected chi connectivity index (χ0v) is 21.0. The van der Waals surface area contributed by atoms with Gasteiger partial charge in [-0.2, -0.15) is 10.4 Å². The Kier molecular flexibility index (Phi) is 7.80. The molecule has 4 aromatic rings. The number of nitro benzene ring substituents is 1. The number of nitro groups is 1. The van der Waals surface area contributed by atoms with Crippen LogP contribution in [0, 0.1) is 21.4 Å². The van der Waals surface area contributed by atoms with Crippen LogP contribution in [0.15, 0.2) is 74.7 Å². The summed E-state index contributed by atoms with van der Waals surface area (Å²) in [5, 5.41) is 24.6. The first kappa shape index (κ1) is 25.4. The van der Waals surface area contributed by atoms with Gasteiger partial charge in [-0.1, -0.05) is 18.2 Å². The van der Waals surface area contributed by atoms with E-state index in [9.17, 15) is 20.2 Å². The lowest BCUT2D eigenvalue weighted by atomic mass is 10.1. The Hall–Kier alpha value is -4.69. The maximum atomic E-state index is 12.5. The summed E-state index contributed by atoms with van der Waals surface area (Å²) in [7, 11) is 0. The minimum Gasteiger partial charge on any atom is -0.490 e. The molecule has 3 aromatic carbocycles. The van der Waals surface area contributed by atoms with Crippen LogP contribution in [0.1, 0.15) is 34.2 Å². The molecule has 0 atom stereocenters. The van der Waals surface area contributed by atoms with Crippen molar-refractivity contribution in [3.63, 3.8) is 0 Å². The number of nitrogens with one attached hydrogen (secondary N) is 1. The van der Waals surface area contributed by atoms with E-state index >= 15 is 0 Å². The number of furan rings is 1. The van der Waals surface area contributed by atoms with Gasteiger partial charge in [-0.15, -0.1) is 0 Å². The van der Waals surface area contributed by atoms with Gasteiger partial charge in [0.05, 0.1) is 29.4 Å². The van der Waals surface area contributed by atoms with Crippen molar-refractivity contribution < 1.29 is 23.6 Å². The van der Waals surface area contributed by atoms with Crippen LogP contribution in [0.2, 0.25) is 0 Å². The smallest absolute Gasteiger partial charge is 0.307 e. The van der Waals surface area contributed by atoms with Crippen molar-refractivity contribution >= 4 is 44.7 Å². The van der Waals surface area contributed by atoms with E-state index in [0.717, 1.165) is 5.56 Å². The number of benzene rings is 3. The summed E-state index contributed by atoms with van der Waals surface area (Å²) in [5.74, 6) is 0.279. The Morgan fingerprint density at radius 1 is 1.19 bits per heavy atom. The maximum absolute atomic E-state index is 12.5. The fourth-order valence-corrected chi connectivity index (χ4v) is 3.84. The molecule has 1 amide bonds. The first-order valence-corrected chi connectivity index (χ1v) is 11.8. The largest absolute Gasteiger partial charge is 0.490 e. The number of ether oxygens (including phenoxy) is 2. The van der Waals surface area contributed by atoms with Gasteiger partial charge in [-0.05, 0) is 53.2 Å². The number of hydrogen-bond acceptors (Lipinski definition) is 8. The Bertz CT molecular complexity index is 1560. The highest BCUT2D eigenvalue weighted by molar-refractivity contribution is 9.10. The van der Waals surface area contributed by atoms with Gasteiger partial charge < -0.3 is 13.9 Å². The van der Waals surface area contributed by atoms with E-state index in [-0.39, 0.29) is 18.1 Å². The molecule has 0 aliphatic rings. The summed E-state index contributed by atoms with van der Waals surface area (Å²) in [6.45, 7) is 2.41. The first-order chi connectivity index (χ1) is 17.9. The molecule has 0 aliphatic carbocycles. The second-order valence-electron chi connectivity index (χ2n) is 7.60. The van der Waals surface area contributed by atoms with E-state index in [0.29, 0.717) is 44.7 Å². The van der Waals surface area contributed by atoms with Gasteiger partial charge in [0, 0.05) is 33.1 Å². The van der Waals surface area contributed by atoms with Crippen molar-refractivity contribution in [2.75, 3.05) is 6.61 Å². The number of nitriles is 1. The van der Waals surface area contributed by atoms with Crippen LogP contribution in [-0.2, 0) is 6.61 Å². The second-order valence-corrected chi connectivity index (χ2v) is 8.45. The number of non-ortho nitro benzene ring substituents is 1. The third-order valence-corrected chi connectivity index (χ3v) is 5.87. The second kappa shape index (κ2) is 11.4. The Morgan fingerprint density at radius 2 is 1.97 bits per heavy atom. The van der Waals surface area contributed by atoms with E-state index in [4.69, 9.17) is 13.9 Å². The fraction of sp³-hybridized carbons (Fsp3) is 0.115. The molecular formula is C26H19BrN4O6. The van der Waals surface area contributed by atoms with Crippen molar-refractivity contribution in [1.82, 2.24) is 5.43 Å². The van der Waals surface area contributed by atoms with Crippen LogP contribution in [0.25, 0.3) is 11.0 Å². The van der Waals surface area contributed by atoms with Gasteiger partial charge >= 0.3 is 5.91 Å². The Balaban J connectivity index is 1.48. The zero-order chi connectivity index (χ0) is 26.4. The molecule has 1 N–H and O–H groups in total. The van der Waals surface area contributed by atoms with E-state index < -0.39 is 10.8 Å². The molecule has 186 valence electrons. The van der Waals surface area contributed by atoms with Gasteiger partial charge in [-0.3, -0.25) is 14.9 Å². The van der Waals surface area contributed by atoms with E-state index in [1.807, 2.05) is 19.1 Å². The summed E-state index contributed by atoms with van der Waals surface area (Å²) in [6, 6.07) is 18.2. The highest BCUT2D eigenvalue weighted by Crippen LogP contribution is 2.34. The molecule has 0 saturated heterocycles. The lowest BCUT2D eigenvalue weighted by Crippen LogP contribution is -2.16. The van der Waals surface area contributed by atoms with Crippen LogP contribution < -0.4 is 14.9 Å². The minimum absolute atomic E-state index is 0.0388. The highest BCUT2D eigenvalue weighted by atomic mass is 79.9. The molecule has 0 fully saturated rings. The molecular weight excluding hydrogens is 544 g/mol. The molecule has 0 bridgehead atoms. The van der Waals surface area contributed by atoms with Gasteiger partial charge in [-0.25, -0.2) is 5.43 Å². The van der Waals surface area contributed by atoms with Crippen molar-refractivity contribution in [3.05, 3.63) is 97.7 Å². The normalized spacial score (nSPS) is 10.8. The number of carbonyl (C=O) groups is 1. The van der Waals surface area contributed by atoms with Crippen LogP contribution in [0.5, 0.6) is 11.5 Å². The number of fused-ring (bicyclic) bond motifs is 1. The van der Waals surface area contributed by atoms with E-state index in [1.54, 1.807) is 24.3 Å². The van der Waals surface area contributed by atoms with E-state index in [1.165, 1.54) is 30.5 Å². The number of nitrogens with zero attached hydrogens (tertiary/aromatic N) is 3. The molecule has 1 heterocycles. The van der Waals surface area contributed by atoms with Crippen LogP contribution >= 0.6 is 15.9 Å². The third kappa shape index (κ3) is 5.94. The summed E-state index contributed by atoms with van der Waals surface area (Å²) in [5.41, 5.74) is 4.50. The fourth-order valence-electron chi connectivity index (χ4n) is 3.41. The lowest BCUT2D eigenvalue weighted by molar-refractivity contribution is -0.384. The first-order valence-electron chi connectivity index (χ1n) is 11.0. The molecule has 10 nitrogen and oxygen atoms in total. The van der Waals surface area contributed by atoms with Gasteiger partial charge in [0.2, 0.25) is 0 Å². The number of amides is 1. The predicted molar refractivity (Wildman–Crippen MR) is 139 cm³/mol. The number of hydrazone groups is 1. The number of carbonyl (C=O) groups excluding carboxylic acids is 1. The topological polar surface area (TPSA) is 140 Å². The molecule has 0 spiro atoms. The van der Waals surface area contributed by atoms with Crippen molar-refractivity contribution in [2.45, 2.75) is 13.5 Å². The molecule has 1 aromatic heterocycles. The maximum Gasteiger partial charge on any atom is 0.307 e. The molecule has 0 radical (unpaired) electrons. The SMILES string of the molecule is CCOc1cc(/C=N\NC(=O)c2cc3cc([N+](=O)[O-])ccc3o2)c(Br)cc1OCc1ccccc1C#N. The highest BCUT2D eigenvalue weighted by Gasteiger charge is 2.15. The Morgan fingerprint density at radius 3 is 2.73 bits per heavy atom. The molecule has 37 heavy (non-hydrogen) atoms. The average Bonchev–Trinajstić information content (AvgIpc) is 3.33. The van der Waals surface area contributed by atoms with Gasteiger partial charge in [0.1, 0.15) is 12.2 Å². The summed E-state index contributed by atoms with van der Waals surface area (Å²) < 4.78 is 17.7. The molecule has 0 unspecified atom stereocenters. The number of rotatable bonds is 9. The monoisotopic (exact) mass is 562 g/mol. The number of hydrogen-bond donors (Lipinski definition) is 1. The Labute approximate surface area is 219 Å². The summed E-state index contributed by atoms with van der Waals surface area (Å²) in [6.07, 6.45) is 1.42. The van der Waals surface area contributed by atoms with Gasteiger partial charge in [0.25, 0.3) is 5.69 Å². The van der Waals surface area contributed by atoms with Crippen LogP contribution in [0.4, 0.5) is 5.69 Å². The minimum atomic E-state index is -0.618. The van der Waals surface area contributed by atoms with Crippen LogP contribution in [-0.4, -0.2) is 23.7 Å². The quantitative estimate of drug-likeness (QED) is 0.156. The van der Waals surface area contributed by atoms with Crippen molar-refractivity contribution in [1.29, 1.82) is 5.26 Å². The van der Waals surface area contributed by atoms with Crippen LogP contribution in [0.3, 0.4) is 0 Å². The van der Waals surface area contributed by atoms with Crippen molar-refractivity contribution in [2.24, 2.45) is 5.10 Å². The molecule has 0 saturated carbocycles. The molecule has 4 rings (SSSR count). The zero-order valence-electron chi connectivity index (χ0n) is 19.4. The molecule has 0 aliphatic heterocycles. The number of halogens is 1. The predicted octanol–water partition coefficient (Wildman–Crippen LogP) is 5.72. The molecule has 11 heteroatoms. The summed E-state index contributed by atoms with van der Waals surface area (Å²) >= 11 is 3.48.